The van der Waals surface area contributed by atoms with E-state index in [-0.39, 0.29) is 5.56 Å². The molecule has 1 fully saturated rings. The molecule has 2 aliphatic rings. The summed E-state index contributed by atoms with van der Waals surface area (Å²) in [6.07, 6.45) is 3.91. The maximum absolute atomic E-state index is 14.2. The van der Waals surface area contributed by atoms with Crippen molar-refractivity contribution in [1.82, 2.24) is 9.88 Å². The molecule has 0 saturated carbocycles. The van der Waals surface area contributed by atoms with Crippen molar-refractivity contribution in [2.45, 2.75) is 44.3 Å². The number of ether oxygens (including phenoxy) is 1. The molecule has 0 N–H and O–H groups in total. The second kappa shape index (κ2) is 7.23. The second-order valence-corrected chi connectivity index (χ2v) is 9.20. The Bertz CT molecular complexity index is 850. The molecule has 0 bridgehead atoms. The van der Waals surface area contributed by atoms with E-state index in [1.165, 1.54) is 17.4 Å². The van der Waals surface area contributed by atoms with E-state index >= 15 is 0 Å². The minimum absolute atomic E-state index is 0.0435. The Balaban J connectivity index is 1.51. The Hall–Kier alpha value is -0.790. The number of nitrogens with zero attached hydrogens (tertiary/aromatic N) is 2. The van der Waals surface area contributed by atoms with Crippen molar-refractivity contribution < 1.29 is 13.5 Å². The minimum Gasteiger partial charge on any atom is -0.363 e. The van der Waals surface area contributed by atoms with Crippen LogP contribution in [0.1, 0.15) is 41.5 Å². The van der Waals surface area contributed by atoms with Crippen molar-refractivity contribution in [3.8, 4) is 0 Å². The average Bonchev–Trinajstić information content (AvgIpc) is 3.06. The van der Waals surface area contributed by atoms with Crippen molar-refractivity contribution in [3.63, 3.8) is 0 Å². The molecule has 0 amide bonds. The molecule has 4 heterocycles. The smallest absolute Gasteiger partial charge is 0.297 e. The van der Waals surface area contributed by atoms with Crippen molar-refractivity contribution in [2.24, 2.45) is 0 Å². The first kappa shape index (κ1) is 19.5. The monoisotopic (exact) mass is 432 g/mol. The van der Waals surface area contributed by atoms with Crippen LogP contribution in [0.15, 0.2) is 18.3 Å². The van der Waals surface area contributed by atoms with Gasteiger partial charge in [0.25, 0.3) is 5.92 Å². The molecule has 2 aromatic rings. The molecule has 27 heavy (non-hydrogen) atoms. The van der Waals surface area contributed by atoms with E-state index in [1.807, 2.05) is 13.0 Å². The zero-order valence-electron chi connectivity index (χ0n) is 14.9. The number of thiophene rings is 1. The number of pyridine rings is 1. The van der Waals surface area contributed by atoms with Crippen molar-refractivity contribution in [3.05, 3.63) is 49.4 Å². The first-order valence-corrected chi connectivity index (χ1v) is 10.6. The van der Waals surface area contributed by atoms with Gasteiger partial charge >= 0.3 is 0 Å². The minimum atomic E-state index is -2.97. The largest absolute Gasteiger partial charge is 0.363 e. The summed E-state index contributed by atoms with van der Waals surface area (Å²) in [7, 11) is 0. The van der Waals surface area contributed by atoms with E-state index < -0.39 is 18.1 Å². The van der Waals surface area contributed by atoms with Crippen LogP contribution in [0.4, 0.5) is 8.78 Å². The third-order valence-electron chi connectivity index (χ3n) is 5.47. The fourth-order valence-corrected chi connectivity index (χ4v) is 5.71. The zero-order chi connectivity index (χ0) is 19.2. The summed E-state index contributed by atoms with van der Waals surface area (Å²) in [5.74, 6) is -2.97. The lowest BCUT2D eigenvalue weighted by molar-refractivity contribution is -0.182. The topological polar surface area (TPSA) is 25.4 Å². The molecular weight excluding hydrogens is 413 g/mol. The molecule has 0 aliphatic carbocycles. The number of likely N-dealkylation sites (tertiary alicyclic amines) is 1. The number of aryl methyl sites for hydroxylation is 1. The molecule has 146 valence electrons. The fraction of sp³-hybridized carbons (Fsp3) is 0.526. The Morgan fingerprint density at radius 3 is 2.74 bits per heavy atom. The van der Waals surface area contributed by atoms with Gasteiger partial charge in [-0.15, -0.1) is 11.3 Å². The molecule has 0 atom stereocenters. The third kappa shape index (κ3) is 3.51. The van der Waals surface area contributed by atoms with Gasteiger partial charge in [0.1, 0.15) is 12.2 Å². The molecule has 2 aromatic heterocycles. The van der Waals surface area contributed by atoms with Crippen molar-refractivity contribution in [2.75, 3.05) is 19.7 Å². The Kier molecular flexibility index (Phi) is 5.23. The summed E-state index contributed by atoms with van der Waals surface area (Å²) in [5.41, 5.74) is 1.35. The van der Waals surface area contributed by atoms with Crippen LogP contribution >= 0.6 is 34.5 Å². The van der Waals surface area contributed by atoms with Crippen LogP contribution in [0.3, 0.4) is 0 Å². The SMILES string of the molecule is CCc1nccc(CN2CCC3(CC2)OCC(F)(F)c2cc(Cl)sc23)c1Cl. The molecule has 8 heteroatoms. The highest BCUT2D eigenvalue weighted by Gasteiger charge is 2.51. The van der Waals surface area contributed by atoms with Crippen LogP contribution in [-0.4, -0.2) is 29.6 Å². The van der Waals surface area contributed by atoms with Crippen LogP contribution in [0, 0.1) is 0 Å². The summed E-state index contributed by atoms with van der Waals surface area (Å²) < 4.78 is 34.6. The zero-order valence-corrected chi connectivity index (χ0v) is 17.2. The summed E-state index contributed by atoms with van der Waals surface area (Å²) in [4.78, 5) is 7.19. The van der Waals surface area contributed by atoms with E-state index in [2.05, 4.69) is 9.88 Å². The highest BCUT2D eigenvalue weighted by atomic mass is 35.5. The standard InChI is InChI=1S/C19H20Cl2F2N2OS/c1-2-14-16(21)12(3-6-24-14)10-25-7-4-18(5-8-25)17-13(9-15(20)27-17)19(22,23)11-26-18/h3,6,9H,2,4-5,7-8,10-11H2,1H3. The average molecular weight is 433 g/mol. The number of fused-ring (bicyclic) bond motifs is 2. The first-order valence-electron chi connectivity index (χ1n) is 9.01. The molecule has 0 aromatic carbocycles. The first-order chi connectivity index (χ1) is 12.8. The van der Waals surface area contributed by atoms with Crippen LogP contribution in [-0.2, 0) is 29.2 Å². The Morgan fingerprint density at radius 2 is 2.04 bits per heavy atom. The predicted molar refractivity (Wildman–Crippen MR) is 104 cm³/mol. The van der Waals surface area contributed by atoms with Gasteiger partial charge in [0.05, 0.1) is 15.1 Å². The number of hydrogen-bond acceptors (Lipinski definition) is 4. The van der Waals surface area contributed by atoms with Crippen LogP contribution in [0.2, 0.25) is 9.36 Å². The molecular formula is C19H20Cl2F2N2OS. The molecule has 3 nitrogen and oxygen atoms in total. The van der Waals surface area contributed by atoms with Gasteiger partial charge in [-0.2, -0.15) is 8.78 Å². The quantitative estimate of drug-likeness (QED) is 0.628. The second-order valence-electron chi connectivity index (χ2n) is 7.14. The number of alkyl halides is 2. The third-order valence-corrected chi connectivity index (χ3v) is 7.38. The predicted octanol–water partition coefficient (Wildman–Crippen LogP) is 5.63. The number of piperidine rings is 1. The molecule has 1 spiro atoms. The lowest BCUT2D eigenvalue weighted by atomic mass is 9.84. The van der Waals surface area contributed by atoms with E-state index in [0.717, 1.165) is 42.3 Å². The van der Waals surface area contributed by atoms with Gasteiger partial charge in [-0.05, 0) is 37.0 Å². The number of hydrogen-bond donors (Lipinski definition) is 0. The van der Waals surface area contributed by atoms with Gasteiger partial charge in [-0.3, -0.25) is 9.88 Å². The molecule has 1 saturated heterocycles. The lowest BCUT2D eigenvalue weighted by Gasteiger charge is -2.45. The summed E-state index contributed by atoms with van der Waals surface area (Å²) in [6, 6.07) is 3.35. The van der Waals surface area contributed by atoms with E-state index in [1.54, 1.807) is 6.20 Å². The summed E-state index contributed by atoms with van der Waals surface area (Å²) >= 11 is 13.7. The summed E-state index contributed by atoms with van der Waals surface area (Å²) in [6.45, 7) is 3.67. The van der Waals surface area contributed by atoms with Gasteiger partial charge in [0, 0.05) is 36.3 Å². The Morgan fingerprint density at radius 1 is 1.30 bits per heavy atom. The maximum Gasteiger partial charge on any atom is 0.297 e. The van der Waals surface area contributed by atoms with E-state index in [9.17, 15) is 8.78 Å². The molecule has 4 rings (SSSR count). The molecule has 0 radical (unpaired) electrons. The van der Waals surface area contributed by atoms with Gasteiger partial charge in [-0.1, -0.05) is 30.1 Å². The van der Waals surface area contributed by atoms with Crippen molar-refractivity contribution >= 4 is 34.5 Å². The highest BCUT2D eigenvalue weighted by molar-refractivity contribution is 7.16. The number of halogens is 4. The molecule has 2 aliphatic heterocycles. The van der Waals surface area contributed by atoms with Gasteiger partial charge < -0.3 is 4.74 Å². The number of rotatable bonds is 3. The normalized spacial score (nSPS) is 21.4. The highest BCUT2D eigenvalue weighted by Crippen LogP contribution is 2.52. The van der Waals surface area contributed by atoms with Crippen LogP contribution in [0.5, 0.6) is 0 Å². The fourth-order valence-electron chi connectivity index (χ4n) is 3.93. The van der Waals surface area contributed by atoms with Gasteiger partial charge in [0.2, 0.25) is 0 Å². The Labute approximate surface area is 171 Å². The van der Waals surface area contributed by atoms with Crippen LogP contribution in [0.25, 0.3) is 0 Å². The van der Waals surface area contributed by atoms with Gasteiger partial charge in [-0.25, -0.2) is 0 Å². The van der Waals surface area contributed by atoms with E-state index in [0.29, 0.717) is 22.1 Å². The van der Waals surface area contributed by atoms with E-state index in [4.69, 9.17) is 27.9 Å². The van der Waals surface area contributed by atoms with Crippen LogP contribution < -0.4 is 0 Å². The lowest BCUT2D eigenvalue weighted by Crippen LogP contribution is -2.48. The van der Waals surface area contributed by atoms with Gasteiger partial charge in [0.15, 0.2) is 0 Å². The molecule has 0 unspecified atom stereocenters. The van der Waals surface area contributed by atoms with Crippen molar-refractivity contribution in [1.29, 1.82) is 0 Å². The summed E-state index contributed by atoms with van der Waals surface area (Å²) in [5, 5.41) is 0.723. The number of aromatic nitrogens is 1. The maximum atomic E-state index is 14.2.